The van der Waals surface area contributed by atoms with Crippen LogP contribution in [0.5, 0.6) is 5.75 Å². The van der Waals surface area contributed by atoms with Gasteiger partial charge in [0.1, 0.15) is 10.8 Å². The van der Waals surface area contributed by atoms with Crippen LogP contribution in [0, 0.1) is 11.3 Å². The Bertz CT molecular complexity index is 1460. The minimum Gasteiger partial charge on any atom is -0.497 e. The van der Waals surface area contributed by atoms with Crippen molar-refractivity contribution < 1.29 is 23.9 Å². The third kappa shape index (κ3) is 7.97. The fraction of sp³-hybridized carbons (Fsp3) is 0.516. The van der Waals surface area contributed by atoms with Gasteiger partial charge in [0.05, 0.1) is 37.5 Å². The molecule has 2 amide bonds. The monoisotopic (exact) mass is 627 g/mol. The van der Waals surface area contributed by atoms with E-state index in [4.69, 9.17) is 9.47 Å². The molecule has 43 heavy (non-hydrogen) atoms. The van der Waals surface area contributed by atoms with Gasteiger partial charge in [0, 0.05) is 11.9 Å². The average Bonchev–Trinajstić information content (AvgIpc) is 3.50. The molecule has 2 aromatic heterocycles. The van der Waals surface area contributed by atoms with Gasteiger partial charge in [0.15, 0.2) is 11.0 Å². The summed E-state index contributed by atoms with van der Waals surface area (Å²) in [6.07, 6.45) is 2.90. The van der Waals surface area contributed by atoms with Gasteiger partial charge in [-0.25, -0.2) is 4.79 Å². The van der Waals surface area contributed by atoms with Gasteiger partial charge in [0.25, 0.3) is 0 Å². The summed E-state index contributed by atoms with van der Waals surface area (Å²) in [5.41, 5.74) is 2.53. The number of hydrogen-bond acceptors (Lipinski definition) is 9. The molecular weight excluding hydrogens is 587 g/mol. The van der Waals surface area contributed by atoms with Crippen LogP contribution >= 0.6 is 23.1 Å². The van der Waals surface area contributed by atoms with Crippen molar-refractivity contribution in [1.29, 1.82) is 0 Å². The molecule has 0 saturated heterocycles. The molecule has 3 aromatic rings. The largest absolute Gasteiger partial charge is 0.497 e. The van der Waals surface area contributed by atoms with Crippen LogP contribution in [0.25, 0.3) is 0 Å². The number of ether oxygens (including phenoxy) is 2. The quantitative estimate of drug-likeness (QED) is 0.220. The zero-order chi connectivity index (χ0) is 31.3. The number of amides is 2. The highest BCUT2D eigenvalue weighted by atomic mass is 32.2. The van der Waals surface area contributed by atoms with E-state index in [-0.39, 0.29) is 36.8 Å². The number of carbonyl (C=O) groups excluding carboxylic acids is 3. The molecule has 1 aliphatic rings. The Morgan fingerprint density at radius 1 is 1.19 bits per heavy atom. The first-order valence-electron chi connectivity index (χ1n) is 14.5. The van der Waals surface area contributed by atoms with E-state index in [2.05, 4.69) is 41.6 Å². The van der Waals surface area contributed by atoms with Gasteiger partial charge >= 0.3 is 5.97 Å². The molecule has 2 unspecified atom stereocenters. The number of aromatic nitrogens is 3. The second-order valence-electron chi connectivity index (χ2n) is 11.7. The molecule has 0 bridgehead atoms. The Morgan fingerprint density at radius 3 is 2.56 bits per heavy atom. The number of rotatable bonds is 11. The van der Waals surface area contributed by atoms with E-state index in [1.54, 1.807) is 32.6 Å². The molecule has 4 rings (SSSR count). The van der Waals surface area contributed by atoms with E-state index in [1.807, 2.05) is 24.3 Å². The van der Waals surface area contributed by atoms with Gasteiger partial charge < -0.3 is 24.7 Å². The van der Waals surface area contributed by atoms with Gasteiger partial charge in [-0.2, -0.15) is 0 Å². The molecule has 1 aliphatic carbocycles. The molecule has 1 aromatic carbocycles. The van der Waals surface area contributed by atoms with E-state index in [1.165, 1.54) is 23.1 Å². The third-order valence-corrected chi connectivity index (χ3v) is 10.1. The van der Waals surface area contributed by atoms with Crippen molar-refractivity contribution in [2.75, 3.05) is 19.0 Å². The summed E-state index contributed by atoms with van der Waals surface area (Å²) >= 11 is 2.75. The molecule has 2 N–H and O–H groups in total. The van der Waals surface area contributed by atoms with Crippen LogP contribution in [-0.4, -0.2) is 51.5 Å². The molecule has 12 heteroatoms. The van der Waals surface area contributed by atoms with Crippen LogP contribution in [0.4, 0.5) is 5.00 Å². The van der Waals surface area contributed by atoms with Crippen LogP contribution in [0.1, 0.15) is 73.2 Å². The third-order valence-electron chi connectivity index (χ3n) is 7.75. The van der Waals surface area contributed by atoms with Crippen molar-refractivity contribution in [2.45, 2.75) is 77.3 Å². The zero-order valence-corrected chi connectivity index (χ0v) is 27.5. The van der Waals surface area contributed by atoms with E-state index >= 15 is 0 Å². The van der Waals surface area contributed by atoms with Gasteiger partial charge in [-0.05, 0) is 67.7 Å². The van der Waals surface area contributed by atoms with Crippen LogP contribution in [-0.2, 0) is 47.2 Å². The Balaban J connectivity index is 1.38. The maximum absolute atomic E-state index is 13.3. The molecule has 232 valence electrons. The maximum atomic E-state index is 13.3. The number of thiophene rings is 1. The summed E-state index contributed by atoms with van der Waals surface area (Å²) < 4.78 is 12.3. The lowest BCUT2D eigenvalue weighted by Crippen LogP contribution is -2.27. The summed E-state index contributed by atoms with van der Waals surface area (Å²) in [7, 11) is 3.40. The second-order valence-corrected chi connectivity index (χ2v) is 14.2. The van der Waals surface area contributed by atoms with Crippen molar-refractivity contribution in [3.8, 4) is 5.75 Å². The minimum absolute atomic E-state index is 0.139. The van der Waals surface area contributed by atoms with E-state index in [0.717, 1.165) is 41.0 Å². The predicted molar refractivity (Wildman–Crippen MR) is 169 cm³/mol. The number of thioether (sulfide) groups is 1. The Hall–Kier alpha value is -3.38. The Kier molecular flexibility index (Phi) is 10.5. The molecule has 10 nitrogen and oxygen atoms in total. The van der Waals surface area contributed by atoms with Gasteiger partial charge in [-0.1, -0.05) is 44.7 Å². The summed E-state index contributed by atoms with van der Waals surface area (Å²) in [5, 5.41) is 14.9. The fourth-order valence-electron chi connectivity index (χ4n) is 5.03. The number of fused-ring (bicyclic) bond motifs is 1. The summed E-state index contributed by atoms with van der Waals surface area (Å²) in [6, 6.07) is 7.34. The standard InChI is InChI=1S/C31H41N5O5S2/c1-8-41-29(39)26-22-14-11-20(31(3,4)5)16-23(22)43-28(26)33-27(38)18(2)42-30-35-34-24(36(30)6)17-32-25(37)15-19-9-12-21(40-7)13-10-19/h9-10,12-13,18,20H,8,11,14-17H2,1-7H3,(H,32,37)(H,33,38). The number of anilines is 1. The molecule has 0 radical (unpaired) electrons. The highest BCUT2D eigenvalue weighted by Crippen LogP contribution is 2.44. The lowest BCUT2D eigenvalue weighted by molar-refractivity contribution is -0.120. The first-order valence-corrected chi connectivity index (χ1v) is 16.2. The van der Waals surface area contributed by atoms with E-state index < -0.39 is 11.2 Å². The van der Waals surface area contributed by atoms with Crippen LogP contribution in [0.15, 0.2) is 29.4 Å². The number of nitrogens with one attached hydrogen (secondary N) is 2. The zero-order valence-electron chi connectivity index (χ0n) is 25.9. The number of benzene rings is 1. The number of methoxy groups -OCH3 is 1. The molecular formula is C31H41N5O5S2. The molecule has 0 spiro atoms. The van der Waals surface area contributed by atoms with Crippen molar-refractivity contribution >= 4 is 45.9 Å². The SMILES string of the molecule is CCOC(=O)c1c(NC(=O)C(C)Sc2nnc(CNC(=O)Cc3ccc(OC)cc3)n2C)sc2c1CCC(C(C)(C)C)C2. The molecule has 2 atom stereocenters. The van der Waals surface area contributed by atoms with Crippen molar-refractivity contribution in [2.24, 2.45) is 18.4 Å². The van der Waals surface area contributed by atoms with Crippen LogP contribution in [0.3, 0.4) is 0 Å². The van der Waals surface area contributed by atoms with Crippen molar-refractivity contribution in [1.82, 2.24) is 20.1 Å². The maximum Gasteiger partial charge on any atom is 0.341 e. The van der Waals surface area contributed by atoms with Crippen LogP contribution in [0.2, 0.25) is 0 Å². The first-order chi connectivity index (χ1) is 20.4. The normalized spacial score (nSPS) is 15.4. The lowest BCUT2D eigenvalue weighted by Gasteiger charge is -2.33. The molecule has 0 saturated carbocycles. The average molecular weight is 628 g/mol. The topological polar surface area (TPSA) is 124 Å². The fourth-order valence-corrected chi connectivity index (χ4v) is 7.18. The molecule has 2 heterocycles. The lowest BCUT2D eigenvalue weighted by atomic mass is 9.72. The Morgan fingerprint density at radius 2 is 1.91 bits per heavy atom. The Labute approximate surface area is 261 Å². The number of carbonyl (C=O) groups is 3. The van der Waals surface area contributed by atoms with Gasteiger partial charge in [-0.15, -0.1) is 21.5 Å². The number of nitrogens with zero attached hydrogens (tertiary/aromatic N) is 3. The summed E-state index contributed by atoms with van der Waals surface area (Å²) in [6.45, 7) is 10.8. The smallest absolute Gasteiger partial charge is 0.341 e. The summed E-state index contributed by atoms with van der Waals surface area (Å²) in [5.74, 6) is 1.04. The number of hydrogen-bond donors (Lipinski definition) is 2. The van der Waals surface area contributed by atoms with Gasteiger partial charge in [0.2, 0.25) is 11.8 Å². The molecule has 0 fully saturated rings. The summed E-state index contributed by atoms with van der Waals surface area (Å²) in [4.78, 5) is 39.9. The highest BCUT2D eigenvalue weighted by molar-refractivity contribution is 8.00. The van der Waals surface area contributed by atoms with E-state index in [0.29, 0.717) is 27.5 Å². The number of esters is 1. The first kappa shape index (κ1) is 32.5. The molecule has 0 aliphatic heterocycles. The minimum atomic E-state index is -0.517. The highest BCUT2D eigenvalue weighted by Gasteiger charge is 2.35. The second kappa shape index (κ2) is 13.9. The van der Waals surface area contributed by atoms with Crippen LogP contribution < -0.4 is 15.4 Å². The predicted octanol–water partition coefficient (Wildman–Crippen LogP) is 5.19. The van der Waals surface area contributed by atoms with Crippen molar-refractivity contribution in [3.63, 3.8) is 0 Å². The van der Waals surface area contributed by atoms with E-state index in [9.17, 15) is 14.4 Å². The van der Waals surface area contributed by atoms with Crippen molar-refractivity contribution in [3.05, 3.63) is 51.7 Å². The van der Waals surface area contributed by atoms with Gasteiger partial charge in [-0.3, -0.25) is 9.59 Å².